The van der Waals surface area contributed by atoms with Crippen LogP contribution in [-0.2, 0) is 4.79 Å². The number of nitro groups is 1. The molecule has 0 saturated carbocycles. The molecule has 2 heterocycles. The van der Waals surface area contributed by atoms with Crippen molar-refractivity contribution in [2.75, 3.05) is 5.75 Å². The van der Waals surface area contributed by atoms with Gasteiger partial charge in [0.25, 0.3) is 5.69 Å². The van der Waals surface area contributed by atoms with Crippen LogP contribution in [0.25, 0.3) is 22.3 Å². The molecule has 0 atom stereocenters. The summed E-state index contributed by atoms with van der Waals surface area (Å²) >= 11 is 1.06. The quantitative estimate of drug-likeness (QED) is 0.377. The number of non-ortho nitro benzene ring substituents is 1. The molecule has 8 nitrogen and oxygen atoms in total. The van der Waals surface area contributed by atoms with E-state index in [0.29, 0.717) is 27.4 Å². The molecule has 2 N–H and O–H groups in total. The zero-order valence-electron chi connectivity index (χ0n) is 15.3. The predicted molar refractivity (Wildman–Crippen MR) is 109 cm³/mol. The molecule has 0 radical (unpaired) electrons. The molecule has 1 amide bonds. The van der Waals surface area contributed by atoms with Crippen LogP contribution in [0.2, 0.25) is 0 Å². The number of nitro benzene ring substituents is 1. The van der Waals surface area contributed by atoms with Crippen LogP contribution in [0, 0.1) is 28.4 Å². The van der Waals surface area contributed by atoms with E-state index in [1.54, 1.807) is 43.6 Å². The Hall–Kier alpha value is -3.77. The summed E-state index contributed by atoms with van der Waals surface area (Å²) in [5, 5.41) is 21.5. The average molecular weight is 405 g/mol. The topological polar surface area (TPSA) is 136 Å². The third-order valence-electron chi connectivity index (χ3n) is 4.12. The Morgan fingerprint density at radius 2 is 1.97 bits per heavy atom. The fraction of sp³-hybridized carbons (Fsp3) is 0.100. The van der Waals surface area contributed by atoms with Gasteiger partial charge in [0.1, 0.15) is 11.1 Å². The Labute approximate surface area is 170 Å². The second-order valence-electron chi connectivity index (χ2n) is 6.04. The van der Waals surface area contributed by atoms with Gasteiger partial charge in [-0.3, -0.25) is 19.9 Å². The summed E-state index contributed by atoms with van der Waals surface area (Å²) < 4.78 is 0. The van der Waals surface area contributed by atoms with Crippen molar-refractivity contribution >= 4 is 23.4 Å². The largest absolute Gasteiger partial charge is 0.369 e. The molecule has 0 bridgehead atoms. The molecule has 9 heteroatoms. The number of nitriles is 1. The second-order valence-corrected chi connectivity index (χ2v) is 7.00. The molecule has 144 valence electrons. The van der Waals surface area contributed by atoms with E-state index in [9.17, 15) is 20.2 Å². The van der Waals surface area contributed by atoms with Crippen molar-refractivity contribution in [2.24, 2.45) is 5.73 Å². The number of thioether (sulfide) groups is 1. The van der Waals surface area contributed by atoms with Crippen LogP contribution in [0.15, 0.2) is 53.8 Å². The Balaban J connectivity index is 2.35. The van der Waals surface area contributed by atoms with E-state index >= 15 is 0 Å². The molecule has 0 fully saturated rings. The fourth-order valence-corrected chi connectivity index (χ4v) is 3.73. The Morgan fingerprint density at radius 1 is 1.24 bits per heavy atom. The van der Waals surface area contributed by atoms with Gasteiger partial charge in [-0.15, -0.1) is 0 Å². The number of carbonyl (C=O) groups is 1. The van der Waals surface area contributed by atoms with Gasteiger partial charge in [-0.2, -0.15) is 5.26 Å². The van der Waals surface area contributed by atoms with Crippen LogP contribution < -0.4 is 5.73 Å². The zero-order valence-corrected chi connectivity index (χ0v) is 16.1. The fourth-order valence-electron chi connectivity index (χ4n) is 2.96. The van der Waals surface area contributed by atoms with Gasteiger partial charge in [-0.05, 0) is 30.2 Å². The van der Waals surface area contributed by atoms with Crippen LogP contribution in [0.4, 0.5) is 5.69 Å². The number of carbonyl (C=O) groups excluding carboxylic acids is 1. The Kier molecular flexibility index (Phi) is 5.85. The number of nitrogens with zero attached hydrogens (tertiary/aromatic N) is 4. The molecule has 0 aliphatic carbocycles. The van der Waals surface area contributed by atoms with Gasteiger partial charge < -0.3 is 5.73 Å². The molecular formula is C20H15N5O3S. The van der Waals surface area contributed by atoms with Crippen molar-refractivity contribution in [3.8, 4) is 28.3 Å². The third-order valence-corrected chi connectivity index (χ3v) is 5.12. The minimum Gasteiger partial charge on any atom is -0.369 e. The maximum absolute atomic E-state index is 11.3. The van der Waals surface area contributed by atoms with Crippen molar-refractivity contribution < 1.29 is 9.72 Å². The number of primary amides is 1. The van der Waals surface area contributed by atoms with Gasteiger partial charge in [0.15, 0.2) is 0 Å². The summed E-state index contributed by atoms with van der Waals surface area (Å²) in [6, 6.07) is 11.8. The van der Waals surface area contributed by atoms with Gasteiger partial charge in [0.05, 0.1) is 16.2 Å². The number of rotatable bonds is 6. The molecular weight excluding hydrogens is 390 g/mol. The van der Waals surface area contributed by atoms with E-state index in [4.69, 9.17) is 5.73 Å². The Morgan fingerprint density at radius 3 is 2.59 bits per heavy atom. The van der Waals surface area contributed by atoms with E-state index in [2.05, 4.69) is 16.0 Å². The summed E-state index contributed by atoms with van der Waals surface area (Å²) in [7, 11) is 0. The maximum atomic E-state index is 11.3. The zero-order chi connectivity index (χ0) is 21.0. The van der Waals surface area contributed by atoms with E-state index in [-0.39, 0.29) is 17.0 Å². The molecule has 0 saturated heterocycles. The highest BCUT2D eigenvalue weighted by atomic mass is 32.2. The van der Waals surface area contributed by atoms with E-state index < -0.39 is 10.8 Å². The van der Waals surface area contributed by atoms with E-state index in [1.165, 1.54) is 12.1 Å². The molecule has 1 aromatic carbocycles. The van der Waals surface area contributed by atoms with Crippen molar-refractivity contribution in [3.63, 3.8) is 0 Å². The maximum Gasteiger partial charge on any atom is 0.270 e. The molecule has 3 aromatic rings. The Bertz CT molecular complexity index is 1140. The van der Waals surface area contributed by atoms with Crippen molar-refractivity contribution in [2.45, 2.75) is 11.9 Å². The first-order chi connectivity index (χ1) is 13.9. The lowest BCUT2D eigenvalue weighted by Crippen LogP contribution is -2.13. The number of aromatic nitrogens is 2. The van der Waals surface area contributed by atoms with Gasteiger partial charge in [-0.1, -0.05) is 23.9 Å². The van der Waals surface area contributed by atoms with E-state index in [1.807, 2.05) is 0 Å². The highest BCUT2D eigenvalue weighted by Crippen LogP contribution is 2.40. The molecule has 0 unspecified atom stereocenters. The van der Waals surface area contributed by atoms with Crippen molar-refractivity contribution in [3.05, 3.63) is 70.2 Å². The van der Waals surface area contributed by atoms with Gasteiger partial charge in [0, 0.05) is 41.3 Å². The first-order valence-electron chi connectivity index (χ1n) is 8.43. The number of hydrogen-bond acceptors (Lipinski definition) is 7. The standard InChI is InChI=1S/C20H15N5O3S/c1-12-18(13-5-7-23-8-6-13)19(14-3-2-4-15(9-14)25(27)28)16(10-21)20(24-12)29-11-17(22)26/h2-9H,11H2,1H3,(H2,22,26). The molecule has 29 heavy (non-hydrogen) atoms. The SMILES string of the molecule is Cc1nc(SCC(N)=O)c(C#N)c(-c2cccc([N+](=O)[O-])c2)c1-c1ccncc1. The number of benzene rings is 1. The molecule has 0 aliphatic heterocycles. The number of aryl methyl sites for hydroxylation is 1. The first-order valence-corrected chi connectivity index (χ1v) is 9.42. The lowest BCUT2D eigenvalue weighted by molar-refractivity contribution is -0.384. The first kappa shape index (κ1) is 20.0. The van der Waals surface area contributed by atoms with Crippen LogP contribution >= 0.6 is 11.8 Å². The van der Waals surface area contributed by atoms with Crippen LogP contribution in [0.3, 0.4) is 0 Å². The lowest BCUT2D eigenvalue weighted by atomic mass is 9.91. The van der Waals surface area contributed by atoms with Crippen molar-refractivity contribution in [1.82, 2.24) is 9.97 Å². The third kappa shape index (κ3) is 4.23. The summed E-state index contributed by atoms with van der Waals surface area (Å²) in [6.45, 7) is 1.78. The number of nitrogens with two attached hydrogens (primary N) is 1. The minimum atomic E-state index is -0.534. The molecule has 0 aliphatic rings. The normalized spacial score (nSPS) is 10.3. The summed E-state index contributed by atoms with van der Waals surface area (Å²) in [4.78, 5) is 30.5. The van der Waals surface area contributed by atoms with Gasteiger partial charge in [0.2, 0.25) is 5.91 Å². The highest BCUT2D eigenvalue weighted by Gasteiger charge is 2.22. The van der Waals surface area contributed by atoms with Crippen molar-refractivity contribution in [1.29, 1.82) is 5.26 Å². The van der Waals surface area contributed by atoms with Crippen LogP contribution in [-0.4, -0.2) is 26.6 Å². The molecule has 2 aromatic heterocycles. The van der Waals surface area contributed by atoms with Gasteiger partial charge in [-0.25, -0.2) is 4.98 Å². The number of hydrogen-bond donors (Lipinski definition) is 1. The molecule has 0 spiro atoms. The average Bonchev–Trinajstić information content (AvgIpc) is 2.72. The van der Waals surface area contributed by atoms with Gasteiger partial charge >= 0.3 is 0 Å². The summed E-state index contributed by atoms with van der Waals surface area (Å²) in [6.07, 6.45) is 3.24. The van der Waals surface area contributed by atoms with E-state index in [0.717, 1.165) is 17.3 Å². The summed E-state index contributed by atoms with van der Waals surface area (Å²) in [5.41, 5.74) is 8.47. The second kappa shape index (κ2) is 8.50. The molecule has 3 rings (SSSR count). The lowest BCUT2D eigenvalue weighted by Gasteiger charge is -2.17. The smallest absolute Gasteiger partial charge is 0.270 e. The van der Waals surface area contributed by atoms with Crippen LogP contribution in [0.1, 0.15) is 11.3 Å². The number of amides is 1. The van der Waals surface area contributed by atoms with Crippen LogP contribution in [0.5, 0.6) is 0 Å². The summed E-state index contributed by atoms with van der Waals surface area (Å²) in [5.74, 6) is -0.571. The minimum absolute atomic E-state index is 0.0376. The monoisotopic (exact) mass is 405 g/mol. The number of pyridine rings is 2. The highest BCUT2D eigenvalue weighted by molar-refractivity contribution is 8.00. The predicted octanol–water partition coefficient (Wildman–Crippen LogP) is 3.48.